The van der Waals surface area contributed by atoms with Crippen molar-refractivity contribution >= 4 is 11.6 Å². The van der Waals surface area contributed by atoms with E-state index in [0.717, 1.165) is 17.7 Å². The molecular weight excluding hydrogens is 244 g/mol. The fourth-order valence-electron chi connectivity index (χ4n) is 1.51. The van der Waals surface area contributed by atoms with Crippen molar-refractivity contribution in [1.82, 2.24) is 5.32 Å². The lowest BCUT2D eigenvalue weighted by Gasteiger charge is -2.06. The summed E-state index contributed by atoms with van der Waals surface area (Å²) < 4.78 is 10.3. The smallest absolute Gasteiger partial charge is 0.246 e. The summed E-state index contributed by atoms with van der Waals surface area (Å²) in [7, 11) is 0. The molecule has 5 nitrogen and oxygen atoms in total. The Hall–Kier alpha value is -1.59. The van der Waals surface area contributed by atoms with E-state index in [1.165, 1.54) is 0 Å². The number of anilines is 1. The summed E-state index contributed by atoms with van der Waals surface area (Å²) in [6.07, 6.45) is 0.783. The third-order valence-corrected chi connectivity index (χ3v) is 2.52. The number of ether oxygens (including phenoxy) is 2. The van der Waals surface area contributed by atoms with E-state index >= 15 is 0 Å². The van der Waals surface area contributed by atoms with Crippen LogP contribution in [0.15, 0.2) is 24.3 Å². The summed E-state index contributed by atoms with van der Waals surface area (Å²) in [5, 5.41) is 2.80. The van der Waals surface area contributed by atoms with Gasteiger partial charge in [-0.15, -0.1) is 0 Å². The van der Waals surface area contributed by atoms with E-state index in [1.54, 1.807) is 0 Å². The van der Waals surface area contributed by atoms with Crippen LogP contribution in [0, 0.1) is 0 Å². The molecule has 5 heteroatoms. The van der Waals surface area contributed by atoms with Crippen LogP contribution in [0.1, 0.15) is 12.5 Å². The number of benzene rings is 1. The van der Waals surface area contributed by atoms with Gasteiger partial charge in [-0.3, -0.25) is 4.79 Å². The second kappa shape index (κ2) is 9.35. The number of carbonyl (C=O) groups is 1. The molecule has 0 bridgehead atoms. The van der Waals surface area contributed by atoms with Crippen LogP contribution in [0.4, 0.5) is 5.69 Å². The molecule has 0 fully saturated rings. The van der Waals surface area contributed by atoms with E-state index in [-0.39, 0.29) is 12.5 Å². The summed E-state index contributed by atoms with van der Waals surface area (Å²) in [6.45, 7) is 4.22. The number of rotatable bonds is 9. The Balaban J connectivity index is 2.05. The first kappa shape index (κ1) is 15.5. The summed E-state index contributed by atoms with van der Waals surface area (Å²) >= 11 is 0. The molecule has 0 atom stereocenters. The maximum absolute atomic E-state index is 11.4. The lowest BCUT2D eigenvalue weighted by Crippen LogP contribution is -2.29. The van der Waals surface area contributed by atoms with Crippen molar-refractivity contribution in [2.45, 2.75) is 13.3 Å². The molecule has 1 amide bonds. The standard InChI is InChI=1S/C14H22N2O3/c1-2-18-9-10-19-11-14(17)16-8-7-12-3-5-13(15)6-4-12/h3-6H,2,7-11,15H2,1H3,(H,16,17). The van der Waals surface area contributed by atoms with Gasteiger partial charge in [-0.2, -0.15) is 0 Å². The third-order valence-electron chi connectivity index (χ3n) is 2.52. The predicted molar refractivity (Wildman–Crippen MR) is 74.9 cm³/mol. The van der Waals surface area contributed by atoms with Crippen molar-refractivity contribution in [1.29, 1.82) is 0 Å². The van der Waals surface area contributed by atoms with Crippen molar-refractivity contribution in [2.24, 2.45) is 0 Å². The molecule has 0 aliphatic rings. The molecule has 106 valence electrons. The Morgan fingerprint density at radius 2 is 1.89 bits per heavy atom. The molecular formula is C14H22N2O3. The van der Waals surface area contributed by atoms with Crippen molar-refractivity contribution in [2.75, 3.05) is 38.7 Å². The fraction of sp³-hybridized carbons (Fsp3) is 0.500. The zero-order valence-electron chi connectivity index (χ0n) is 11.4. The van der Waals surface area contributed by atoms with Gasteiger partial charge in [-0.25, -0.2) is 0 Å². The first-order chi connectivity index (χ1) is 9.22. The van der Waals surface area contributed by atoms with Gasteiger partial charge in [0.25, 0.3) is 0 Å². The third kappa shape index (κ3) is 7.43. The Bertz CT molecular complexity index is 365. The number of nitrogens with two attached hydrogens (primary N) is 1. The summed E-state index contributed by atoms with van der Waals surface area (Å²) in [5.74, 6) is -0.105. The number of carbonyl (C=O) groups excluding carboxylic acids is 1. The zero-order valence-corrected chi connectivity index (χ0v) is 11.4. The van der Waals surface area contributed by atoms with E-state index < -0.39 is 0 Å². The SMILES string of the molecule is CCOCCOCC(=O)NCCc1ccc(N)cc1. The summed E-state index contributed by atoms with van der Waals surface area (Å²) in [6, 6.07) is 7.63. The number of amides is 1. The highest BCUT2D eigenvalue weighted by Gasteiger charge is 2.01. The maximum atomic E-state index is 11.4. The number of hydrogen-bond acceptors (Lipinski definition) is 4. The van der Waals surface area contributed by atoms with Gasteiger partial charge in [-0.1, -0.05) is 12.1 Å². The zero-order chi connectivity index (χ0) is 13.9. The Morgan fingerprint density at radius 1 is 1.21 bits per heavy atom. The van der Waals surface area contributed by atoms with Crippen LogP contribution in [0.5, 0.6) is 0 Å². The van der Waals surface area contributed by atoms with Gasteiger partial charge in [-0.05, 0) is 31.0 Å². The second-order valence-electron chi connectivity index (χ2n) is 4.09. The van der Waals surface area contributed by atoms with Crippen molar-refractivity contribution in [3.8, 4) is 0 Å². The maximum Gasteiger partial charge on any atom is 0.246 e. The van der Waals surface area contributed by atoms with Gasteiger partial charge < -0.3 is 20.5 Å². The molecule has 0 aliphatic carbocycles. The topological polar surface area (TPSA) is 73.6 Å². The molecule has 1 aromatic carbocycles. The lowest BCUT2D eigenvalue weighted by molar-refractivity contribution is -0.126. The quantitative estimate of drug-likeness (QED) is 0.516. The van der Waals surface area contributed by atoms with E-state index in [4.69, 9.17) is 15.2 Å². The first-order valence-corrected chi connectivity index (χ1v) is 6.49. The molecule has 0 spiro atoms. The van der Waals surface area contributed by atoms with Crippen LogP contribution < -0.4 is 11.1 Å². The molecule has 1 rings (SSSR count). The fourth-order valence-corrected chi connectivity index (χ4v) is 1.51. The van der Waals surface area contributed by atoms with Crippen LogP contribution in [0.25, 0.3) is 0 Å². The molecule has 0 radical (unpaired) electrons. The largest absolute Gasteiger partial charge is 0.399 e. The lowest BCUT2D eigenvalue weighted by atomic mass is 10.1. The number of hydrogen-bond donors (Lipinski definition) is 2. The van der Waals surface area contributed by atoms with Crippen LogP contribution in [-0.2, 0) is 20.7 Å². The Labute approximate surface area is 114 Å². The molecule has 1 aromatic rings. The molecule has 0 aliphatic heterocycles. The van der Waals surface area contributed by atoms with Gasteiger partial charge in [0.05, 0.1) is 13.2 Å². The van der Waals surface area contributed by atoms with E-state index in [0.29, 0.717) is 26.4 Å². The van der Waals surface area contributed by atoms with Gasteiger partial charge in [0.15, 0.2) is 0 Å². The van der Waals surface area contributed by atoms with E-state index in [1.807, 2.05) is 31.2 Å². The normalized spacial score (nSPS) is 10.4. The van der Waals surface area contributed by atoms with Gasteiger partial charge in [0.2, 0.25) is 5.91 Å². The Morgan fingerprint density at radius 3 is 2.58 bits per heavy atom. The highest BCUT2D eigenvalue weighted by molar-refractivity contribution is 5.77. The molecule has 3 N–H and O–H groups in total. The highest BCUT2D eigenvalue weighted by Crippen LogP contribution is 2.05. The van der Waals surface area contributed by atoms with Gasteiger partial charge in [0, 0.05) is 18.8 Å². The molecule has 0 saturated heterocycles. The molecule has 19 heavy (non-hydrogen) atoms. The first-order valence-electron chi connectivity index (χ1n) is 6.49. The predicted octanol–water partition coefficient (Wildman–Crippen LogP) is 0.981. The molecule has 0 heterocycles. The molecule has 0 aromatic heterocycles. The number of nitrogen functional groups attached to an aromatic ring is 1. The van der Waals surface area contributed by atoms with Crippen molar-refractivity contribution < 1.29 is 14.3 Å². The highest BCUT2D eigenvalue weighted by atomic mass is 16.5. The van der Waals surface area contributed by atoms with E-state index in [9.17, 15) is 4.79 Å². The molecule has 0 saturated carbocycles. The number of nitrogens with one attached hydrogen (secondary N) is 1. The average molecular weight is 266 g/mol. The van der Waals surface area contributed by atoms with Crippen molar-refractivity contribution in [3.05, 3.63) is 29.8 Å². The van der Waals surface area contributed by atoms with Crippen LogP contribution >= 0.6 is 0 Å². The minimum absolute atomic E-state index is 0.0782. The van der Waals surface area contributed by atoms with Gasteiger partial charge in [0.1, 0.15) is 6.61 Å². The monoisotopic (exact) mass is 266 g/mol. The summed E-state index contributed by atoms with van der Waals surface area (Å²) in [4.78, 5) is 11.4. The Kier molecular flexibility index (Phi) is 7.62. The molecule has 0 unspecified atom stereocenters. The second-order valence-corrected chi connectivity index (χ2v) is 4.09. The average Bonchev–Trinajstić information content (AvgIpc) is 2.41. The van der Waals surface area contributed by atoms with Crippen molar-refractivity contribution in [3.63, 3.8) is 0 Å². The van der Waals surface area contributed by atoms with Crippen LogP contribution in [0.3, 0.4) is 0 Å². The van der Waals surface area contributed by atoms with Crippen LogP contribution in [0.2, 0.25) is 0 Å². The minimum atomic E-state index is -0.105. The summed E-state index contributed by atoms with van der Waals surface area (Å²) in [5.41, 5.74) is 7.49. The van der Waals surface area contributed by atoms with Crippen LogP contribution in [-0.4, -0.2) is 38.9 Å². The van der Waals surface area contributed by atoms with E-state index in [2.05, 4.69) is 5.32 Å². The van der Waals surface area contributed by atoms with Gasteiger partial charge >= 0.3 is 0 Å². The minimum Gasteiger partial charge on any atom is -0.399 e.